The molecule has 1 aromatic carbocycles. The van der Waals surface area contributed by atoms with Gasteiger partial charge in [0.2, 0.25) is 0 Å². The van der Waals surface area contributed by atoms with E-state index in [1.54, 1.807) is 73.7 Å². The van der Waals surface area contributed by atoms with Crippen molar-refractivity contribution in [1.82, 2.24) is 29.4 Å². The number of alkyl halides is 1. The number of nitrogens with zero attached hydrogens (tertiary/aromatic N) is 5. The molecule has 0 bridgehead atoms. The standard InChI is InChI=1S/C32H36F2N6O4/c1-19-12-25(33)23(29(41)37-21-6-7-21)13-22(19)20-15-36-40(17-20)28-16-35-27-14-26(43-5)24(18-39(27)28)32(34)8-10-38(11-9-32)30(42)44-31(2,3)4/h12-18,21H,6-11H2,1-5H3,(H,37,41). The second kappa shape index (κ2) is 10.9. The van der Waals surface area contributed by atoms with Crippen molar-refractivity contribution in [3.63, 3.8) is 0 Å². The number of aryl methyl sites for hydroxylation is 1. The van der Waals surface area contributed by atoms with E-state index in [1.807, 2.05) is 0 Å². The summed E-state index contributed by atoms with van der Waals surface area (Å²) in [6.45, 7) is 7.57. The molecule has 0 radical (unpaired) electrons. The zero-order valence-electron chi connectivity index (χ0n) is 25.5. The number of imidazole rings is 1. The first kappa shape index (κ1) is 29.6. The summed E-state index contributed by atoms with van der Waals surface area (Å²) >= 11 is 0. The molecule has 44 heavy (non-hydrogen) atoms. The van der Waals surface area contributed by atoms with Gasteiger partial charge < -0.3 is 19.7 Å². The van der Waals surface area contributed by atoms with E-state index in [9.17, 15) is 14.0 Å². The van der Waals surface area contributed by atoms with Gasteiger partial charge in [0.05, 0.1) is 25.1 Å². The lowest BCUT2D eigenvalue weighted by atomic mass is 9.86. The molecule has 0 atom stereocenters. The number of piperidine rings is 1. The molecule has 1 aliphatic heterocycles. The number of pyridine rings is 1. The molecule has 3 aromatic heterocycles. The lowest BCUT2D eigenvalue weighted by molar-refractivity contribution is 0.00169. The van der Waals surface area contributed by atoms with Crippen LogP contribution in [0.4, 0.5) is 13.6 Å². The Bertz CT molecular complexity index is 1750. The lowest BCUT2D eigenvalue weighted by Crippen LogP contribution is -2.45. The molecule has 6 rings (SSSR count). The summed E-state index contributed by atoms with van der Waals surface area (Å²) in [5.74, 6) is -0.0875. The van der Waals surface area contributed by atoms with Crippen LogP contribution < -0.4 is 10.1 Å². The Hall–Kier alpha value is -4.48. The van der Waals surface area contributed by atoms with Crippen LogP contribution in [0.15, 0.2) is 43.0 Å². The first-order chi connectivity index (χ1) is 20.8. The number of carbonyl (C=O) groups excluding carboxylic acids is 2. The minimum absolute atomic E-state index is 0.0113. The van der Waals surface area contributed by atoms with Crippen LogP contribution in [0, 0.1) is 12.7 Å². The molecule has 2 fully saturated rings. The van der Waals surface area contributed by atoms with Gasteiger partial charge in [-0.15, -0.1) is 0 Å². The van der Waals surface area contributed by atoms with Crippen LogP contribution in [0.2, 0.25) is 0 Å². The van der Waals surface area contributed by atoms with Crippen LogP contribution in [0.1, 0.15) is 67.9 Å². The maximum Gasteiger partial charge on any atom is 0.410 e. The second-order valence-electron chi connectivity index (χ2n) is 12.6. The van der Waals surface area contributed by atoms with Crippen LogP contribution >= 0.6 is 0 Å². The molecule has 232 valence electrons. The maximum atomic E-state index is 16.6. The van der Waals surface area contributed by atoms with Crippen molar-refractivity contribution in [3.05, 3.63) is 65.5 Å². The number of amides is 2. The molecule has 0 spiro atoms. The number of aromatic nitrogens is 4. The molecule has 12 heteroatoms. The number of methoxy groups -OCH3 is 1. The largest absolute Gasteiger partial charge is 0.496 e. The Labute approximate surface area is 254 Å². The fraction of sp³-hybridized carbons (Fsp3) is 0.438. The molecule has 1 saturated carbocycles. The SMILES string of the molecule is COc1cc2ncc(-n3cc(-c4cc(C(=O)NC5CC5)c(F)cc4C)cn3)n2cc1C1(F)CCN(C(=O)OC(C)(C)C)CC1. The van der Waals surface area contributed by atoms with E-state index in [1.165, 1.54) is 18.1 Å². The summed E-state index contributed by atoms with van der Waals surface area (Å²) in [6, 6.07) is 4.70. The number of likely N-dealkylation sites (tertiary alicyclic amines) is 1. The van der Waals surface area contributed by atoms with Crippen molar-refractivity contribution in [2.45, 2.75) is 70.7 Å². The maximum absolute atomic E-state index is 16.6. The highest BCUT2D eigenvalue weighted by Crippen LogP contribution is 2.42. The number of rotatable bonds is 6. The summed E-state index contributed by atoms with van der Waals surface area (Å²) in [6.07, 6.45) is 8.19. The Morgan fingerprint density at radius 2 is 1.82 bits per heavy atom. The highest BCUT2D eigenvalue weighted by molar-refractivity contribution is 5.96. The number of nitrogens with one attached hydrogen (secondary N) is 1. The van der Waals surface area contributed by atoms with Crippen molar-refractivity contribution in [3.8, 4) is 22.7 Å². The van der Waals surface area contributed by atoms with Crippen molar-refractivity contribution in [1.29, 1.82) is 0 Å². The summed E-state index contributed by atoms with van der Waals surface area (Å²) in [5.41, 5.74) is 0.500. The minimum atomic E-state index is -1.75. The molecule has 4 heterocycles. The molecule has 2 aliphatic rings. The zero-order chi connectivity index (χ0) is 31.4. The van der Waals surface area contributed by atoms with Gasteiger partial charge >= 0.3 is 6.09 Å². The first-order valence-electron chi connectivity index (χ1n) is 14.7. The van der Waals surface area contributed by atoms with E-state index in [4.69, 9.17) is 9.47 Å². The molecular weight excluding hydrogens is 570 g/mol. The number of halogens is 2. The Balaban J connectivity index is 1.30. The number of hydrogen-bond donors (Lipinski definition) is 1. The topological polar surface area (TPSA) is 103 Å². The molecule has 2 amide bonds. The third-order valence-electron chi connectivity index (χ3n) is 8.10. The van der Waals surface area contributed by atoms with Crippen LogP contribution in [0.25, 0.3) is 22.6 Å². The van der Waals surface area contributed by atoms with Crippen LogP contribution in [0.3, 0.4) is 0 Å². The van der Waals surface area contributed by atoms with Crippen molar-refractivity contribution >= 4 is 17.6 Å². The Morgan fingerprint density at radius 3 is 2.48 bits per heavy atom. The van der Waals surface area contributed by atoms with Gasteiger partial charge in [-0.3, -0.25) is 9.20 Å². The van der Waals surface area contributed by atoms with Crippen LogP contribution in [-0.2, 0) is 10.4 Å². The molecule has 1 aliphatic carbocycles. The van der Waals surface area contributed by atoms with Crippen LogP contribution in [-0.4, -0.2) is 67.9 Å². The predicted octanol–water partition coefficient (Wildman–Crippen LogP) is 5.73. The molecule has 0 unspecified atom stereocenters. The fourth-order valence-electron chi connectivity index (χ4n) is 5.54. The first-order valence-corrected chi connectivity index (χ1v) is 14.7. The van der Waals surface area contributed by atoms with Gasteiger partial charge in [-0.1, -0.05) is 0 Å². The molecular formula is C32H36F2N6O4. The minimum Gasteiger partial charge on any atom is -0.496 e. The summed E-state index contributed by atoms with van der Waals surface area (Å²) < 4.78 is 45.7. The second-order valence-corrected chi connectivity index (χ2v) is 12.6. The number of fused-ring (bicyclic) bond motifs is 1. The highest BCUT2D eigenvalue weighted by Gasteiger charge is 2.41. The van der Waals surface area contributed by atoms with Gasteiger partial charge in [0.1, 0.15) is 28.5 Å². The zero-order valence-corrected chi connectivity index (χ0v) is 25.5. The monoisotopic (exact) mass is 606 g/mol. The van der Waals surface area contributed by atoms with Crippen molar-refractivity contribution in [2.24, 2.45) is 0 Å². The molecule has 1 N–H and O–H groups in total. The van der Waals surface area contributed by atoms with E-state index < -0.39 is 29.1 Å². The van der Waals surface area contributed by atoms with E-state index in [2.05, 4.69) is 15.4 Å². The summed E-state index contributed by atoms with van der Waals surface area (Å²) in [7, 11) is 1.49. The summed E-state index contributed by atoms with van der Waals surface area (Å²) in [4.78, 5) is 31.2. The van der Waals surface area contributed by atoms with Crippen molar-refractivity contribution in [2.75, 3.05) is 20.2 Å². The molecule has 10 nitrogen and oxygen atoms in total. The molecule has 1 saturated heterocycles. The van der Waals surface area contributed by atoms with Crippen molar-refractivity contribution < 1.29 is 27.8 Å². The number of carbonyl (C=O) groups is 2. The van der Waals surface area contributed by atoms with Crippen LogP contribution in [0.5, 0.6) is 5.75 Å². The van der Waals surface area contributed by atoms with Gasteiger partial charge in [0.25, 0.3) is 5.91 Å². The van der Waals surface area contributed by atoms with E-state index in [0.717, 1.165) is 12.8 Å². The fourth-order valence-corrected chi connectivity index (χ4v) is 5.54. The highest BCUT2D eigenvalue weighted by atomic mass is 19.1. The third-order valence-corrected chi connectivity index (χ3v) is 8.10. The number of benzene rings is 1. The average Bonchev–Trinajstić information content (AvgIpc) is 3.47. The normalized spacial score (nSPS) is 16.7. The van der Waals surface area contributed by atoms with E-state index in [0.29, 0.717) is 39.5 Å². The number of hydrogen-bond acceptors (Lipinski definition) is 6. The third kappa shape index (κ3) is 5.72. The van der Waals surface area contributed by atoms with Gasteiger partial charge in [0.15, 0.2) is 5.82 Å². The number of ether oxygens (including phenoxy) is 2. The molecule has 4 aromatic rings. The van der Waals surface area contributed by atoms with Gasteiger partial charge in [0, 0.05) is 61.6 Å². The van der Waals surface area contributed by atoms with E-state index >= 15 is 4.39 Å². The Kier molecular flexibility index (Phi) is 7.33. The smallest absolute Gasteiger partial charge is 0.410 e. The summed E-state index contributed by atoms with van der Waals surface area (Å²) in [5, 5.41) is 7.36. The Morgan fingerprint density at radius 1 is 1.09 bits per heavy atom. The van der Waals surface area contributed by atoms with Gasteiger partial charge in [-0.25, -0.2) is 23.2 Å². The van der Waals surface area contributed by atoms with Gasteiger partial charge in [-0.05, 0) is 63.8 Å². The lowest BCUT2D eigenvalue weighted by Gasteiger charge is -2.37. The predicted molar refractivity (Wildman–Crippen MR) is 159 cm³/mol. The quantitative estimate of drug-likeness (QED) is 0.301. The average molecular weight is 607 g/mol. The van der Waals surface area contributed by atoms with Gasteiger partial charge in [-0.2, -0.15) is 5.10 Å². The van der Waals surface area contributed by atoms with E-state index in [-0.39, 0.29) is 37.5 Å².